The van der Waals surface area contributed by atoms with Crippen LogP contribution in [0.2, 0.25) is 0 Å². The number of aromatic nitrogens is 4. The lowest BCUT2D eigenvalue weighted by molar-refractivity contribution is -0.199. The maximum atomic E-state index is 13.8. The maximum Gasteiger partial charge on any atom is 0.481 e. The monoisotopic (exact) mass is 642 g/mol. The molecule has 3 heterocycles. The summed E-state index contributed by atoms with van der Waals surface area (Å²) in [6, 6.07) is 8.87. The van der Waals surface area contributed by atoms with E-state index < -0.39 is 25.0 Å². The van der Waals surface area contributed by atoms with Gasteiger partial charge in [-0.15, -0.1) is 0 Å². The summed E-state index contributed by atoms with van der Waals surface area (Å²) < 4.78 is 13.2. The summed E-state index contributed by atoms with van der Waals surface area (Å²) in [7, 11) is -0.528. The van der Waals surface area contributed by atoms with Gasteiger partial charge < -0.3 is 25.0 Å². The third kappa shape index (κ3) is 7.68. The summed E-state index contributed by atoms with van der Waals surface area (Å²) in [6.45, 7) is 11.1. The highest BCUT2D eigenvalue weighted by Gasteiger charge is 2.68. The smallest absolute Gasteiger partial charge is 0.476 e. The Morgan fingerprint density at radius 2 is 1.62 bits per heavy atom. The fraction of sp³-hybridized carbons (Fsp3) is 0.500. The summed E-state index contributed by atoms with van der Waals surface area (Å²) in [5.41, 5.74) is 0.968. The molecule has 47 heavy (non-hydrogen) atoms. The van der Waals surface area contributed by atoms with Gasteiger partial charge in [0.15, 0.2) is 5.69 Å². The van der Waals surface area contributed by atoms with Gasteiger partial charge in [0.05, 0.1) is 30.0 Å². The van der Waals surface area contributed by atoms with Crippen molar-refractivity contribution < 1.29 is 28.8 Å². The van der Waals surface area contributed by atoms with Gasteiger partial charge in [-0.05, 0) is 54.9 Å². The first kappa shape index (κ1) is 34.1. The molecule has 1 aromatic carbocycles. The molecule has 2 bridgehead atoms. The van der Waals surface area contributed by atoms with Gasteiger partial charge in [-0.1, -0.05) is 58.0 Å². The van der Waals surface area contributed by atoms with Crippen molar-refractivity contribution in [2.75, 3.05) is 0 Å². The van der Waals surface area contributed by atoms with Gasteiger partial charge in [-0.2, -0.15) is 0 Å². The van der Waals surface area contributed by atoms with Gasteiger partial charge in [0.2, 0.25) is 5.91 Å². The Labute approximate surface area is 275 Å². The number of aromatic carboxylic acids is 1. The molecule has 2 amide bonds. The van der Waals surface area contributed by atoms with Gasteiger partial charge in [-0.3, -0.25) is 19.6 Å². The number of carbonyl (C=O) groups excluding carboxylic acids is 2. The van der Waals surface area contributed by atoms with Crippen molar-refractivity contribution in [2.24, 2.45) is 23.2 Å². The predicted octanol–water partition coefficient (Wildman–Crippen LogP) is 3.79. The van der Waals surface area contributed by atoms with Crippen molar-refractivity contribution in [1.29, 1.82) is 0 Å². The molecule has 0 radical (unpaired) electrons. The van der Waals surface area contributed by atoms with Crippen molar-refractivity contribution >= 4 is 24.9 Å². The molecule has 7 rings (SSSR count). The molecule has 12 nitrogen and oxygen atoms in total. The first-order chi connectivity index (χ1) is 22.4. The van der Waals surface area contributed by atoms with Crippen molar-refractivity contribution in [3.05, 3.63) is 84.5 Å². The third-order valence-corrected chi connectivity index (χ3v) is 9.83. The molecule has 4 aliphatic rings. The fourth-order valence-electron chi connectivity index (χ4n) is 7.22. The molecule has 4 fully saturated rings. The van der Waals surface area contributed by atoms with Crippen LogP contribution in [-0.4, -0.2) is 73.6 Å². The van der Waals surface area contributed by atoms with Crippen molar-refractivity contribution in [3.8, 4) is 0 Å². The first-order valence-electron chi connectivity index (χ1n) is 16.1. The number of carbonyl (C=O) groups is 3. The summed E-state index contributed by atoms with van der Waals surface area (Å²) >= 11 is 0. The zero-order valence-electron chi connectivity index (χ0n) is 27.5. The van der Waals surface area contributed by atoms with Gasteiger partial charge in [-0.25, -0.2) is 14.8 Å². The minimum absolute atomic E-state index is 0.0301. The van der Waals surface area contributed by atoms with Crippen LogP contribution in [-0.2, 0) is 20.5 Å². The van der Waals surface area contributed by atoms with Gasteiger partial charge in [0.25, 0.3) is 5.91 Å². The zero-order valence-corrected chi connectivity index (χ0v) is 27.5. The standard InChI is InChI=1S/C29H39BN4O4.C5H4N2O2/c1-18(2)13-25(30-37-24-16-20-15-23(28(20,3)4)29(24,5)38-30)34-26(35)21(14-19-9-7-6-8-10-19)33-27(36)22-17-31-11-12-32-22;8-5(9)4-3-6-1-2-7-4/h6-12,17-18,20-21,23-25H,13-16H2,1-5H3,(H,33,36)(H,34,35);1-3H,(H,8,9)/t20-,21-,23-,24+,25-,29-;/m0./s1. The minimum Gasteiger partial charge on any atom is -0.476 e. The molecule has 1 saturated heterocycles. The first-order valence-corrected chi connectivity index (χ1v) is 16.1. The minimum atomic E-state index is -1.05. The maximum absolute atomic E-state index is 13.8. The van der Waals surface area contributed by atoms with Crippen molar-refractivity contribution in [2.45, 2.75) is 84.0 Å². The average Bonchev–Trinajstić information content (AvgIpc) is 3.43. The molecule has 248 valence electrons. The van der Waals surface area contributed by atoms with Crippen molar-refractivity contribution in [3.63, 3.8) is 0 Å². The summed E-state index contributed by atoms with van der Waals surface area (Å²) in [6.07, 6.45) is 11.6. The van der Waals surface area contributed by atoms with E-state index in [1.54, 1.807) is 0 Å². The van der Waals surface area contributed by atoms with Crippen LogP contribution in [0.3, 0.4) is 0 Å². The number of hydrogen-bond acceptors (Lipinski definition) is 9. The van der Waals surface area contributed by atoms with Gasteiger partial charge >= 0.3 is 13.1 Å². The number of nitrogens with one attached hydrogen (secondary N) is 2. The Balaban J connectivity index is 0.000000417. The molecular weight excluding hydrogens is 599 g/mol. The van der Waals surface area contributed by atoms with E-state index in [1.165, 1.54) is 43.6 Å². The molecule has 0 spiro atoms. The van der Waals surface area contributed by atoms with Crippen LogP contribution >= 0.6 is 0 Å². The number of nitrogens with zero attached hydrogens (tertiary/aromatic N) is 4. The molecule has 3 aromatic rings. The molecule has 6 atom stereocenters. The molecule has 0 unspecified atom stereocenters. The van der Waals surface area contributed by atoms with Crippen LogP contribution in [0.15, 0.2) is 67.5 Å². The largest absolute Gasteiger partial charge is 0.481 e. The third-order valence-electron chi connectivity index (χ3n) is 9.83. The number of hydrogen-bond donors (Lipinski definition) is 3. The van der Waals surface area contributed by atoms with Crippen molar-refractivity contribution in [1.82, 2.24) is 30.6 Å². The van der Waals surface area contributed by atoms with E-state index in [9.17, 15) is 14.4 Å². The number of carboxylic acid groups (broad SMARTS) is 1. The number of amides is 2. The Kier molecular flexibility index (Phi) is 10.4. The highest BCUT2D eigenvalue weighted by molar-refractivity contribution is 6.48. The summed E-state index contributed by atoms with van der Waals surface area (Å²) in [5.74, 6) is -0.694. The van der Waals surface area contributed by atoms with E-state index >= 15 is 0 Å². The number of rotatable bonds is 10. The average molecular weight is 643 g/mol. The predicted molar refractivity (Wildman–Crippen MR) is 174 cm³/mol. The normalized spacial score (nSPS) is 24.9. The quantitative estimate of drug-likeness (QED) is 0.277. The Morgan fingerprint density at radius 3 is 2.17 bits per heavy atom. The zero-order chi connectivity index (χ0) is 33.8. The second-order valence-electron chi connectivity index (χ2n) is 13.8. The number of benzene rings is 1. The molecule has 3 aliphatic carbocycles. The molecule has 3 N–H and O–H groups in total. The van der Waals surface area contributed by atoms with E-state index in [2.05, 4.69) is 65.2 Å². The molecule has 2 aromatic heterocycles. The topological polar surface area (TPSA) is 166 Å². The van der Waals surface area contributed by atoms with E-state index in [0.29, 0.717) is 30.6 Å². The Bertz CT molecular complexity index is 1530. The fourth-order valence-corrected chi connectivity index (χ4v) is 7.22. The van der Waals surface area contributed by atoms with Crippen LogP contribution in [0.25, 0.3) is 0 Å². The number of carboxylic acids is 1. The lowest BCUT2D eigenvalue weighted by Crippen LogP contribution is -2.65. The highest BCUT2D eigenvalue weighted by Crippen LogP contribution is 2.65. The van der Waals surface area contributed by atoms with E-state index in [-0.39, 0.29) is 40.4 Å². The Hall–Kier alpha value is -4.23. The van der Waals surface area contributed by atoms with E-state index in [0.717, 1.165) is 12.0 Å². The summed E-state index contributed by atoms with van der Waals surface area (Å²) in [5, 5.41) is 14.4. The van der Waals surface area contributed by atoms with E-state index in [1.807, 2.05) is 30.3 Å². The van der Waals surface area contributed by atoms with Crippen LogP contribution in [0.5, 0.6) is 0 Å². The molecular formula is C34H43BN6O6. The lowest BCUT2D eigenvalue weighted by atomic mass is 9.43. The van der Waals surface area contributed by atoms with Crippen LogP contribution in [0.1, 0.15) is 80.4 Å². The Morgan fingerprint density at radius 1 is 0.957 bits per heavy atom. The second-order valence-corrected chi connectivity index (χ2v) is 13.8. The van der Waals surface area contributed by atoms with Gasteiger partial charge in [0, 0.05) is 31.2 Å². The van der Waals surface area contributed by atoms with Crippen LogP contribution in [0.4, 0.5) is 0 Å². The highest BCUT2D eigenvalue weighted by atomic mass is 16.7. The lowest BCUT2D eigenvalue weighted by Gasteiger charge is -2.64. The molecule has 13 heteroatoms. The van der Waals surface area contributed by atoms with Crippen LogP contribution < -0.4 is 10.6 Å². The second kappa shape index (κ2) is 14.3. The SMILES string of the molecule is CC(C)C[C@H](NC(=O)[C@H](Cc1ccccc1)NC(=O)c1cnccn1)B1O[C@@H]2C[C@@H]3C[C@@H](C3(C)C)[C@]2(C)O1.O=C(O)c1cnccn1. The molecule has 1 aliphatic heterocycles. The van der Waals surface area contributed by atoms with E-state index in [4.69, 9.17) is 14.4 Å². The van der Waals surface area contributed by atoms with Crippen LogP contribution in [0, 0.1) is 23.2 Å². The molecule has 3 saturated carbocycles. The summed E-state index contributed by atoms with van der Waals surface area (Å²) in [4.78, 5) is 51.9. The van der Waals surface area contributed by atoms with Gasteiger partial charge in [0.1, 0.15) is 11.7 Å².